The number of aromatic nitrogens is 4. The topological polar surface area (TPSA) is 107 Å². The summed E-state index contributed by atoms with van der Waals surface area (Å²) in [4.78, 5) is 31.9. The maximum Gasteiger partial charge on any atom is 0.280 e. The van der Waals surface area contributed by atoms with Crippen LogP contribution >= 0.6 is 0 Å². The summed E-state index contributed by atoms with van der Waals surface area (Å²) in [7, 11) is 3.60. The van der Waals surface area contributed by atoms with Crippen LogP contribution < -0.4 is 5.56 Å². The van der Waals surface area contributed by atoms with Crippen LogP contribution in [0.3, 0.4) is 0 Å². The smallest absolute Gasteiger partial charge is 0.280 e. The van der Waals surface area contributed by atoms with Crippen LogP contribution in [-0.4, -0.2) is 50.4 Å². The number of aliphatic hydroxyl groups is 1. The van der Waals surface area contributed by atoms with Gasteiger partial charge in [-0.15, -0.1) is 0 Å². The second kappa shape index (κ2) is 4.88. The van der Waals surface area contributed by atoms with Gasteiger partial charge < -0.3 is 10.0 Å². The summed E-state index contributed by atoms with van der Waals surface area (Å²) >= 11 is 0. The van der Waals surface area contributed by atoms with Crippen molar-refractivity contribution >= 4 is 23.5 Å². The molecule has 0 fully saturated rings. The molecule has 2 heterocycles. The van der Waals surface area contributed by atoms with Crippen LogP contribution in [-0.2, 0) is 6.61 Å². The lowest BCUT2D eigenvalue weighted by molar-refractivity contribution is 0.277. The molecule has 0 aliphatic carbocycles. The minimum absolute atomic E-state index is 0.0883. The summed E-state index contributed by atoms with van der Waals surface area (Å²) in [6.07, 6.45) is 2.88. The first-order valence-electron chi connectivity index (χ1n) is 5.17. The number of nitrogens with zero attached hydrogens (tertiary/aromatic N) is 5. The molecule has 0 aliphatic heterocycles. The second-order valence-electron chi connectivity index (χ2n) is 3.79. The highest BCUT2D eigenvalue weighted by molar-refractivity contribution is 5.69. The molecule has 18 heavy (non-hydrogen) atoms. The van der Waals surface area contributed by atoms with Gasteiger partial charge in [0.2, 0.25) is 5.95 Å². The number of H-pyrrole nitrogens is 1. The van der Waals surface area contributed by atoms with E-state index in [-0.39, 0.29) is 23.7 Å². The van der Waals surface area contributed by atoms with Crippen LogP contribution in [0.4, 0.5) is 5.95 Å². The van der Waals surface area contributed by atoms with Crippen LogP contribution in [0, 0.1) is 0 Å². The van der Waals surface area contributed by atoms with Gasteiger partial charge in [0, 0.05) is 14.1 Å². The summed E-state index contributed by atoms with van der Waals surface area (Å²) in [6.45, 7) is -0.275. The van der Waals surface area contributed by atoms with Crippen LogP contribution in [0.5, 0.6) is 0 Å². The van der Waals surface area contributed by atoms with Crippen molar-refractivity contribution in [3.05, 3.63) is 22.2 Å². The fraction of sp³-hybridized carbons (Fsp3) is 0.300. The van der Waals surface area contributed by atoms with Gasteiger partial charge in [-0.2, -0.15) is 4.98 Å². The van der Waals surface area contributed by atoms with Crippen LogP contribution in [0.1, 0.15) is 5.69 Å². The molecule has 0 aliphatic rings. The zero-order valence-corrected chi connectivity index (χ0v) is 9.95. The van der Waals surface area contributed by atoms with Crippen molar-refractivity contribution in [3.63, 3.8) is 0 Å². The average molecular weight is 248 g/mol. The maximum atomic E-state index is 11.7. The maximum absolute atomic E-state index is 11.7. The Morgan fingerprint density at radius 2 is 2.28 bits per heavy atom. The first kappa shape index (κ1) is 12.1. The van der Waals surface area contributed by atoms with Crippen molar-refractivity contribution in [2.75, 3.05) is 14.1 Å². The molecule has 2 N–H and O–H groups in total. The van der Waals surface area contributed by atoms with Gasteiger partial charge in [0.15, 0.2) is 11.2 Å². The highest BCUT2D eigenvalue weighted by atomic mass is 16.3. The predicted molar refractivity (Wildman–Crippen MR) is 65.7 cm³/mol. The SMILES string of the molecule is CN(C)C=Nc1nc2ncc(CO)nc2c(=O)[nH]1. The highest BCUT2D eigenvalue weighted by Gasteiger charge is 2.06. The normalized spacial score (nSPS) is 11.3. The Morgan fingerprint density at radius 1 is 1.50 bits per heavy atom. The third kappa shape index (κ3) is 2.48. The summed E-state index contributed by atoms with van der Waals surface area (Å²) in [6, 6.07) is 0. The monoisotopic (exact) mass is 248 g/mol. The number of aliphatic hydroxyl groups excluding tert-OH is 1. The van der Waals surface area contributed by atoms with Crippen molar-refractivity contribution in [2.45, 2.75) is 6.61 Å². The predicted octanol–water partition coefficient (Wildman–Crippen LogP) is -0.573. The first-order chi connectivity index (χ1) is 8.60. The van der Waals surface area contributed by atoms with E-state index in [0.29, 0.717) is 5.69 Å². The molecule has 2 aromatic heterocycles. The van der Waals surface area contributed by atoms with Crippen LogP contribution in [0.25, 0.3) is 11.2 Å². The van der Waals surface area contributed by atoms with Crippen molar-refractivity contribution in [1.82, 2.24) is 24.8 Å². The number of hydrogen-bond acceptors (Lipinski definition) is 6. The van der Waals surface area contributed by atoms with E-state index in [1.54, 1.807) is 19.0 Å². The van der Waals surface area contributed by atoms with Gasteiger partial charge in [0.25, 0.3) is 5.56 Å². The van der Waals surface area contributed by atoms with E-state index in [0.717, 1.165) is 0 Å². The Balaban J connectivity index is 2.53. The van der Waals surface area contributed by atoms with E-state index in [4.69, 9.17) is 5.11 Å². The summed E-state index contributed by atoms with van der Waals surface area (Å²) < 4.78 is 0. The molecule has 0 spiro atoms. The molecule has 0 atom stereocenters. The molecule has 0 saturated carbocycles. The van der Waals surface area contributed by atoms with E-state index in [1.807, 2.05) is 0 Å². The summed E-state index contributed by atoms with van der Waals surface area (Å²) in [5, 5.41) is 8.92. The lowest BCUT2D eigenvalue weighted by Crippen LogP contribution is -2.12. The standard InChI is InChI=1S/C10H12N6O2/c1-16(2)5-12-10-14-8-7(9(18)15-10)13-6(4-17)3-11-8/h3,5,17H,4H2,1-2H3,(H,11,14,15,18). The molecule has 8 heteroatoms. The third-order valence-corrected chi connectivity index (χ3v) is 2.03. The average Bonchev–Trinajstić information content (AvgIpc) is 2.36. The van der Waals surface area contributed by atoms with E-state index in [1.165, 1.54) is 12.5 Å². The fourth-order valence-corrected chi connectivity index (χ4v) is 1.25. The van der Waals surface area contributed by atoms with Crippen molar-refractivity contribution < 1.29 is 5.11 Å². The lowest BCUT2D eigenvalue weighted by Gasteiger charge is -2.02. The minimum atomic E-state index is -0.436. The van der Waals surface area contributed by atoms with Crippen LogP contribution in [0.15, 0.2) is 16.0 Å². The van der Waals surface area contributed by atoms with Gasteiger partial charge >= 0.3 is 0 Å². The molecule has 0 radical (unpaired) electrons. The van der Waals surface area contributed by atoms with Gasteiger partial charge in [-0.3, -0.25) is 9.78 Å². The quantitative estimate of drug-likeness (QED) is 0.556. The highest BCUT2D eigenvalue weighted by Crippen LogP contribution is 2.06. The van der Waals surface area contributed by atoms with Crippen molar-refractivity contribution in [1.29, 1.82) is 0 Å². The second-order valence-corrected chi connectivity index (χ2v) is 3.79. The molecule has 0 aromatic carbocycles. The van der Waals surface area contributed by atoms with E-state index >= 15 is 0 Å². The van der Waals surface area contributed by atoms with Gasteiger partial charge in [0.05, 0.1) is 24.8 Å². The van der Waals surface area contributed by atoms with Crippen LogP contribution in [0.2, 0.25) is 0 Å². The molecule has 2 aromatic rings. The fourth-order valence-electron chi connectivity index (χ4n) is 1.25. The molecule has 0 bridgehead atoms. The molecule has 94 valence electrons. The Kier molecular flexibility index (Phi) is 3.28. The van der Waals surface area contributed by atoms with Gasteiger partial charge in [-0.25, -0.2) is 15.0 Å². The number of rotatable bonds is 3. The molecular formula is C10H12N6O2. The molecule has 0 saturated heterocycles. The minimum Gasteiger partial charge on any atom is -0.390 e. The summed E-state index contributed by atoms with van der Waals surface area (Å²) in [5.74, 6) is 0.159. The van der Waals surface area contributed by atoms with Gasteiger partial charge in [-0.1, -0.05) is 0 Å². The number of aromatic amines is 1. The summed E-state index contributed by atoms with van der Waals surface area (Å²) in [5.41, 5.74) is 0.167. The number of hydrogen-bond donors (Lipinski definition) is 2. The van der Waals surface area contributed by atoms with E-state index in [2.05, 4.69) is 24.9 Å². The molecular weight excluding hydrogens is 236 g/mol. The molecule has 2 rings (SSSR count). The zero-order valence-electron chi connectivity index (χ0n) is 9.95. The Morgan fingerprint density at radius 3 is 2.94 bits per heavy atom. The van der Waals surface area contributed by atoms with Crippen molar-refractivity contribution in [2.24, 2.45) is 4.99 Å². The van der Waals surface area contributed by atoms with Crippen molar-refractivity contribution in [3.8, 4) is 0 Å². The Hall–Kier alpha value is -2.35. The number of fused-ring (bicyclic) bond motifs is 1. The lowest BCUT2D eigenvalue weighted by atomic mass is 10.4. The third-order valence-electron chi connectivity index (χ3n) is 2.03. The molecule has 0 amide bonds. The zero-order chi connectivity index (χ0) is 13.1. The largest absolute Gasteiger partial charge is 0.390 e. The molecule has 8 nitrogen and oxygen atoms in total. The Bertz CT molecular complexity index is 648. The number of nitrogens with one attached hydrogen (secondary N) is 1. The molecule has 0 unspecified atom stereocenters. The number of aliphatic imine (C=N–C) groups is 1. The van der Waals surface area contributed by atoms with Gasteiger partial charge in [-0.05, 0) is 0 Å². The van der Waals surface area contributed by atoms with Gasteiger partial charge in [0.1, 0.15) is 0 Å². The van der Waals surface area contributed by atoms with E-state index < -0.39 is 5.56 Å². The Labute approximate surface area is 102 Å². The first-order valence-corrected chi connectivity index (χ1v) is 5.17. The van der Waals surface area contributed by atoms with E-state index in [9.17, 15) is 4.79 Å².